The molecule has 0 aliphatic carbocycles. The van der Waals surface area contributed by atoms with E-state index in [2.05, 4.69) is 49.1 Å². The summed E-state index contributed by atoms with van der Waals surface area (Å²) in [6.45, 7) is 8.80. The largest absolute Gasteiger partial charge is 0.241 e. The van der Waals surface area contributed by atoms with E-state index in [0.717, 1.165) is 23.7 Å². The van der Waals surface area contributed by atoms with Crippen LogP contribution in [0.4, 0.5) is 0 Å². The molecule has 2 nitrogen and oxygen atoms in total. The van der Waals surface area contributed by atoms with Crippen LogP contribution in [0.2, 0.25) is 0 Å². The molecule has 0 amide bonds. The van der Waals surface area contributed by atoms with E-state index in [1.165, 1.54) is 0 Å². The van der Waals surface area contributed by atoms with E-state index in [9.17, 15) is 0 Å². The second-order valence-electron chi connectivity index (χ2n) is 4.93. The van der Waals surface area contributed by atoms with Crippen molar-refractivity contribution in [1.82, 2.24) is 9.97 Å². The molecule has 0 atom stereocenters. The average molecular weight is 236 g/mol. The predicted molar refractivity (Wildman–Crippen MR) is 72.4 cm³/mol. The van der Waals surface area contributed by atoms with Crippen molar-refractivity contribution in [2.75, 3.05) is 5.75 Å². The lowest BCUT2D eigenvalue weighted by molar-refractivity contribution is 0.481. The Morgan fingerprint density at radius 3 is 2.75 bits per heavy atom. The highest BCUT2D eigenvalue weighted by atomic mass is 32.2. The number of nitrogens with zero attached hydrogens (tertiary/aromatic N) is 2. The minimum Gasteiger partial charge on any atom is -0.241 e. The third-order valence-corrected chi connectivity index (χ3v) is 3.26. The van der Waals surface area contributed by atoms with Crippen LogP contribution >= 0.6 is 11.8 Å². The zero-order chi connectivity index (χ0) is 12.0. The summed E-state index contributed by atoms with van der Waals surface area (Å²) >= 11 is 1.83. The molecule has 0 spiro atoms. The Bertz CT molecular complexity index is 353. The molecule has 0 unspecified atom stereocenters. The van der Waals surface area contributed by atoms with Gasteiger partial charge in [0.1, 0.15) is 5.82 Å². The predicted octanol–water partition coefficient (Wildman–Crippen LogP) is 3.79. The molecule has 0 saturated heterocycles. The van der Waals surface area contributed by atoms with E-state index in [1.54, 1.807) is 0 Å². The summed E-state index contributed by atoms with van der Waals surface area (Å²) in [5.74, 6) is 2.03. The first-order valence-corrected chi connectivity index (χ1v) is 6.66. The summed E-state index contributed by atoms with van der Waals surface area (Å²) in [6.07, 6.45) is 4.76. The summed E-state index contributed by atoms with van der Waals surface area (Å²) in [6, 6.07) is 1.94. The van der Waals surface area contributed by atoms with E-state index < -0.39 is 0 Å². The van der Waals surface area contributed by atoms with Crippen molar-refractivity contribution >= 4 is 17.8 Å². The van der Waals surface area contributed by atoms with Crippen molar-refractivity contribution in [3.8, 4) is 0 Å². The summed E-state index contributed by atoms with van der Waals surface area (Å²) in [5.41, 5.74) is 1.36. The molecule has 1 aromatic heterocycles. The summed E-state index contributed by atoms with van der Waals surface area (Å²) < 4.78 is 0. The van der Waals surface area contributed by atoms with Gasteiger partial charge in [-0.05, 0) is 23.0 Å². The minimum atomic E-state index is 0.370. The normalized spacial score (nSPS) is 12.2. The van der Waals surface area contributed by atoms with Crippen LogP contribution in [0.3, 0.4) is 0 Å². The molecule has 0 bridgehead atoms. The van der Waals surface area contributed by atoms with Gasteiger partial charge in [-0.2, -0.15) is 0 Å². The van der Waals surface area contributed by atoms with Crippen LogP contribution in [-0.4, -0.2) is 15.7 Å². The van der Waals surface area contributed by atoms with Gasteiger partial charge >= 0.3 is 0 Å². The zero-order valence-electron chi connectivity index (χ0n) is 10.5. The van der Waals surface area contributed by atoms with Crippen molar-refractivity contribution in [1.29, 1.82) is 0 Å². The van der Waals surface area contributed by atoms with Crippen molar-refractivity contribution in [2.45, 2.75) is 34.1 Å². The van der Waals surface area contributed by atoms with E-state index in [1.807, 2.05) is 24.0 Å². The topological polar surface area (TPSA) is 25.8 Å². The van der Waals surface area contributed by atoms with Crippen LogP contribution in [0, 0.1) is 5.41 Å². The Labute approximate surface area is 103 Å². The van der Waals surface area contributed by atoms with Gasteiger partial charge in [-0.25, -0.2) is 9.97 Å². The Balaban J connectivity index is 2.49. The molecule has 0 aliphatic heterocycles. The fourth-order valence-electron chi connectivity index (χ4n) is 1.09. The molecule has 3 heteroatoms. The molecule has 1 rings (SSSR count). The van der Waals surface area contributed by atoms with Gasteiger partial charge in [-0.15, -0.1) is 11.8 Å². The molecule has 0 radical (unpaired) electrons. The third-order valence-electron chi connectivity index (χ3n) is 1.89. The third kappa shape index (κ3) is 5.31. The quantitative estimate of drug-likeness (QED) is 0.795. The highest BCUT2D eigenvalue weighted by molar-refractivity contribution is 8.02. The number of aromatic nitrogens is 2. The average Bonchev–Trinajstić information content (AvgIpc) is 2.23. The molecular formula is C13H20N2S. The lowest BCUT2D eigenvalue weighted by Crippen LogP contribution is -2.07. The Morgan fingerprint density at radius 2 is 2.12 bits per heavy atom. The van der Waals surface area contributed by atoms with Crippen LogP contribution < -0.4 is 0 Å². The Morgan fingerprint density at radius 1 is 1.38 bits per heavy atom. The smallest absolute Gasteiger partial charge is 0.128 e. The first-order valence-electron chi connectivity index (χ1n) is 5.61. The van der Waals surface area contributed by atoms with E-state index in [-0.39, 0.29) is 0 Å². The first-order chi connectivity index (χ1) is 7.51. The number of aryl methyl sites for hydroxylation is 1. The van der Waals surface area contributed by atoms with Crippen LogP contribution in [0.5, 0.6) is 0 Å². The standard InChI is InChI=1S/C13H20N2S/c1-5-12-14-8-6-11(15-12)7-9-16-10-13(2,3)4/h6-9H,5,10H2,1-4H3/b9-7+. The number of hydrogen-bond donors (Lipinski definition) is 0. The molecule has 1 aromatic rings. The van der Waals surface area contributed by atoms with Crippen molar-refractivity contribution in [3.05, 3.63) is 29.2 Å². The maximum absolute atomic E-state index is 4.41. The molecule has 0 aromatic carbocycles. The molecule has 0 N–H and O–H groups in total. The van der Waals surface area contributed by atoms with Gasteiger partial charge in [0.05, 0.1) is 5.69 Å². The summed E-state index contributed by atoms with van der Waals surface area (Å²) in [7, 11) is 0. The zero-order valence-corrected chi connectivity index (χ0v) is 11.3. The van der Waals surface area contributed by atoms with Gasteiger partial charge < -0.3 is 0 Å². The molecule has 0 saturated carbocycles. The second-order valence-corrected chi connectivity index (χ2v) is 5.82. The van der Waals surface area contributed by atoms with E-state index >= 15 is 0 Å². The number of rotatable bonds is 4. The van der Waals surface area contributed by atoms with Gasteiger partial charge in [0.15, 0.2) is 0 Å². The van der Waals surface area contributed by atoms with Gasteiger partial charge in [0.25, 0.3) is 0 Å². The molecule has 16 heavy (non-hydrogen) atoms. The first kappa shape index (κ1) is 13.2. The fraction of sp³-hybridized carbons (Fsp3) is 0.538. The molecule has 0 aliphatic rings. The SMILES string of the molecule is CCc1nccc(/C=C/SCC(C)(C)C)n1. The molecule has 0 fully saturated rings. The fourth-order valence-corrected chi connectivity index (χ4v) is 1.93. The minimum absolute atomic E-state index is 0.370. The lowest BCUT2D eigenvalue weighted by Gasteiger charge is -2.15. The molecule has 88 valence electrons. The van der Waals surface area contributed by atoms with Gasteiger partial charge in [-0.1, -0.05) is 27.7 Å². The second kappa shape index (κ2) is 6.04. The van der Waals surface area contributed by atoms with Gasteiger partial charge in [-0.3, -0.25) is 0 Å². The van der Waals surface area contributed by atoms with Crippen LogP contribution in [0.15, 0.2) is 17.7 Å². The van der Waals surface area contributed by atoms with Crippen LogP contribution in [0.1, 0.15) is 39.2 Å². The molecule has 1 heterocycles. The maximum atomic E-state index is 4.41. The number of thioether (sulfide) groups is 1. The highest BCUT2D eigenvalue weighted by Crippen LogP contribution is 2.21. The van der Waals surface area contributed by atoms with Crippen LogP contribution in [-0.2, 0) is 6.42 Å². The Kier molecular flexibility index (Phi) is 5.00. The summed E-state index contributed by atoms with van der Waals surface area (Å²) in [4.78, 5) is 8.59. The lowest BCUT2D eigenvalue weighted by atomic mass is 10.0. The van der Waals surface area contributed by atoms with Gasteiger partial charge in [0.2, 0.25) is 0 Å². The van der Waals surface area contributed by atoms with Crippen molar-refractivity contribution in [3.63, 3.8) is 0 Å². The van der Waals surface area contributed by atoms with Crippen LogP contribution in [0.25, 0.3) is 6.08 Å². The van der Waals surface area contributed by atoms with E-state index in [4.69, 9.17) is 0 Å². The number of hydrogen-bond acceptors (Lipinski definition) is 3. The van der Waals surface area contributed by atoms with E-state index in [0.29, 0.717) is 5.41 Å². The molecular weight excluding hydrogens is 216 g/mol. The monoisotopic (exact) mass is 236 g/mol. The maximum Gasteiger partial charge on any atom is 0.128 e. The highest BCUT2D eigenvalue weighted by Gasteiger charge is 2.08. The summed E-state index contributed by atoms with van der Waals surface area (Å²) in [5, 5.41) is 2.12. The van der Waals surface area contributed by atoms with Crippen molar-refractivity contribution in [2.24, 2.45) is 5.41 Å². The Hall–Kier alpha value is -0.830. The van der Waals surface area contributed by atoms with Gasteiger partial charge in [0, 0.05) is 18.4 Å². The van der Waals surface area contributed by atoms with Crippen molar-refractivity contribution < 1.29 is 0 Å².